The molecule has 0 aromatic heterocycles. The highest BCUT2D eigenvalue weighted by Gasteiger charge is 2.37. The van der Waals surface area contributed by atoms with Gasteiger partial charge in [-0.15, -0.1) is 0 Å². The second-order valence-electron chi connectivity index (χ2n) is 4.34. The first kappa shape index (κ1) is 15.4. The van der Waals surface area contributed by atoms with Crippen molar-refractivity contribution in [2.24, 2.45) is 0 Å². The van der Waals surface area contributed by atoms with Crippen LogP contribution < -0.4 is 4.18 Å². The minimum atomic E-state index is -4.78. The van der Waals surface area contributed by atoms with Crippen molar-refractivity contribution in [3.63, 3.8) is 0 Å². The maximum Gasteiger partial charge on any atom is 0.417 e. The fourth-order valence-electron chi connectivity index (χ4n) is 1.68. The van der Waals surface area contributed by atoms with E-state index in [0.29, 0.717) is 6.07 Å². The second-order valence-corrected chi connectivity index (χ2v) is 5.86. The molecule has 0 saturated heterocycles. The van der Waals surface area contributed by atoms with Gasteiger partial charge in [0.2, 0.25) is 0 Å². The summed E-state index contributed by atoms with van der Waals surface area (Å²) in [6.07, 6.45) is -4.78. The standard InChI is InChI=1S/C14H11F3O3S/c1-10-6-8-11(9-7-10)20-21(18,19)13-5-3-2-4-12(13)14(15,16)17/h2-9H,1H3. The molecule has 112 valence electrons. The van der Waals surface area contributed by atoms with E-state index in [0.717, 1.165) is 17.7 Å². The third-order valence-electron chi connectivity index (χ3n) is 2.69. The van der Waals surface area contributed by atoms with Crippen molar-refractivity contribution in [2.75, 3.05) is 0 Å². The molecule has 2 aromatic carbocycles. The van der Waals surface area contributed by atoms with Gasteiger partial charge in [-0.1, -0.05) is 29.8 Å². The van der Waals surface area contributed by atoms with Gasteiger partial charge in [0, 0.05) is 0 Å². The van der Waals surface area contributed by atoms with E-state index in [4.69, 9.17) is 4.18 Å². The summed E-state index contributed by atoms with van der Waals surface area (Å²) in [6.45, 7) is 1.79. The second kappa shape index (κ2) is 5.40. The zero-order chi connectivity index (χ0) is 15.7. The fourth-order valence-corrected chi connectivity index (χ4v) is 2.84. The number of hydrogen-bond acceptors (Lipinski definition) is 3. The van der Waals surface area contributed by atoms with Gasteiger partial charge >= 0.3 is 16.3 Å². The Morgan fingerprint density at radius 2 is 1.52 bits per heavy atom. The maximum atomic E-state index is 12.9. The molecule has 0 aliphatic rings. The summed E-state index contributed by atoms with van der Waals surface area (Å²) < 4.78 is 67.4. The Bertz CT molecular complexity index is 735. The van der Waals surface area contributed by atoms with E-state index in [1.54, 1.807) is 19.1 Å². The summed E-state index contributed by atoms with van der Waals surface area (Å²) in [5.74, 6) is -0.0439. The zero-order valence-corrected chi connectivity index (χ0v) is 11.7. The van der Waals surface area contributed by atoms with Crippen molar-refractivity contribution in [3.8, 4) is 5.75 Å². The van der Waals surface area contributed by atoms with Crippen LogP contribution in [0.25, 0.3) is 0 Å². The van der Waals surface area contributed by atoms with Gasteiger partial charge in [-0.25, -0.2) is 0 Å². The number of rotatable bonds is 3. The SMILES string of the molecule is Cc1ccc(OS(=O)(=O)c2ccccc2C(F)(F)F)cc1. The third-order valence-corrected chi connectivity index (χ3v) is 4.00. The smallest absolute Gasteiger partial charge is 0.379 e. The molecule has 0 atom stereocenters. The Morgan fingerprint density at radius 3 is 2.10 bits per heavy atom. The summed E-state index contributed by atoms with van der Waals surface area (Å²) in [5, 5.41) is 0. The molecule has 2 rings (SSSR count). The van der Waals surface area contributed by atoms with Gasteiger partial charge in [-0.05, 0) is 31.2 Å². The van der Waals surface area contributed by atoms with Crippen LogP contribution in [0.3, 0.4) is 0 Å². The lowest BCUT2D eigenvalue weighted by atomic mass is 10.2. The molecule has 0 N–H and O–H groups in total. The summed E-state index contributed by atoms with van der Waals surface area (Å²) in [5.41, 5.74) is -0.382. The van der Waals surface area contributed by atoms with E-state index >= 15 is 0 Å². The van der Waals surface area contributed by atoms with E-state index < -0.39 is 26.8 Å². The minimum absolute atomic E-state index is 0.0439. The Balaban J connectivity index is 2.43. The molecule has 0 radical (unpaired) electrons. The Morgan fingerprint density at radius 1 is 0.952 bits per heavy atom. The van der Waals surface area contributed by atoms with Gasteiger partial charge in [0.1, 0.15) is 10.6 Å². The van der Waals surface area contributed by atoms with Gasteiger partial charge in [-0.2, -0.15) is 21.6 Å². The number of halogens is 3. The first-order valence-electron chi connectivity index (χ1n) is 5.87. The molecule has 0 aliphatic carbocycles. The molecular weight excluding hydrogens is 305 g/mol. The number of benzene rings is 2. The van der Waals surface area contributed by atoms with Crippen LogP contribution in [0.15, 0.2) is 53.4 Å². The molecule has 7 heteroatoms. The molecule has 2 aromatic rings. The molecule has 0 aliphatic heterocycles. The number of aryl methyl sites for hydroxylation is 1. The Kier molecular flexibility index (Phi) is 3.95. The average molecular weight is 316 g/mol. The van der Waals surface area contributed by atoms with Crippen LogP contribution >= 0.6 is 0 Å². The van der Waals surface area contributed by atoms with Crippen LogP contribution in [0, 0.1) is 6.92 Å². The first-order chi connectivity index (χ1) is 9.70. The van der Waals surface area contributed by atoms with E-state index in [1.807, 2.05) is 0 Å². The minimum Gasteiger partial charge on any atom is -0.379 e. The molecule has 3 nitrogen and oxygen atoms in total. The predicted octanol–water partition coefficient (Wildman–Crippen LogP) is 3.78. The monoisotopic (exact) mass is 316 g/mol. The van der Waals surface area contributed by atoms with Crippen LogP contribution in [0.5, 0.6) is 5.75 Å². The van der Waals surface area contributed by atoms with Crippen LogP contribution in [0.1, 0.15) is 11.1 Å². The van der Waals surface area contributed by atoms with E-state index in [1.165, 1.54) is 18.2 Å². The fraction of sp³-hybridized carbons (Fsp3) is 0.143. The molecule has 21 heavy (non-hydrogen) atoms. The molecule has 0 amide bonds. The van der Waals surface area contributed by atoms with Crippen molar-refractivity contribution < 1.29 is 25.8 Å². The maximum absolute atomic E-state index is 12.9. The molecule has 0 unspecified atom stereocenters. The highest BCUT2D eigenvalue weighted by Crippen LogP contribution is 2.34. The van der Waals surface area contributed by atoms with E-state index in [2.05, 4.69) is 0 Å². The molecular formula is C14H11F3O3S. The van der Waals surface area contributed by atoms with Gasteiger partial charge in [0.05, 0.1) is 5.56 Å². The van der Waals surface area contributed by atoms with Crippen molar-refractivity contribution in [1.29, 1.82) is 0 Å². The molecule has 0 heterocycles. The zero-order valence-electron chi connectivity index (χ0n) is 10.9. The van der Waals surface area contributed by atoms with Gasteiger partial charge in [-0.3, -0.25) is 0 Å². The van der Waals surface area contributed by atoms with Crippen LogP contribution in [-0.2, 0) is 16.3 Å². The predicted molar refractivity (Wildman–Crippen MR) is 70.4 cm³/mol. The molecule has 0 bridgehead atoms. The first-order valence-corrected chi connectivity index (χ1v) is 7.28. The summed E-state index contributed by atoms with van der Waals surface area (Å²) >= 11 is 0. The Labute approximate surface area is 120 Å². The highest BCUT2D eigenvalue weighted by molar-refractivity contribution is 7.87. The number of alkyl halides is 3. The quantitative estimate of drug-likeness (QED) is 0.809. The van der Waals surface area contributed by atoms with Gasteiger partial charge in [0.25, 0.3) is 0 Å². The lowest BCUT2D eigenvalue weighted by Gasteiger charge is -2.13. The third kappa shape index (κ3) is 3.55. The van der Waals surface area contributed by atoms with Gasteiger partial charge < -0.3 is 4.18 Å². The van der Waals surface area contributed by atoms with Crippen molar-refractivity contribution in [1.82, 2.24) is 0 Å². The van der Waals surface area contributed by atoms with Crippen LogP contribution in [-0.4, -0.2) is 8.42 Å². The van der Waals surface area contributed by atoms with E-state index in [-0.39, 0.29) is 5.75 Å². The lowest BCUT2D eigenvalue weighted by Crippen LogP contribution is -2.17. The topological polar surface area (TPSA) is 43.4 Å². The summed E-state index contributed by atoms with van der Waals surface area (Å²) in [7, 11) is -4.56. The summed E-state index contributed by atoms with van der Waals surface area (Å²) in [4.78, 5) is -0.905. The van der Waals surface area contributed by atoms with Crippen molar-refractivity contribution in [3.05, 3.63) is 59.7 Å². The van der Waals surface area contributed by atoms with Crippen molar-refractivity contribution >= 4 is 10.1 Å². The van der Waals surface area contributed by atoms with Crippen LogP contribution in [0.4, 0.5) is 13.2 Å². The molecule has 0 spiro atoms. The van der Waals surface area contributed by atoms with E-state index in [9.17, 15) is 21.6 Å². The van der Waals surface area contributed by atoms with Crippen LogP contribution in [0.2, 0.25) is 0 Å². The molecule has 0 saturated carbocycles. The molecule has 0 fully saturated rings. The number of hydrogen-bond donors (Lipinski definition) is 0. The van der Waals surface area contributed by atoms with Crippen molar-refractivity contribution in [2.45, 2.75) is 18.0 Å². The normalized spacial score (nSPS) is 12.2. The highest BCUT2D eigenvalue weighted by atomic mass is 32.2. The largest absolute Gasteiger partial charge is 0.417 e. The van der Waals surface area contributed by atoms with Gasteiger partial charge in [0.15, 0.2) is 0 Å². The average Bonchev–Trinajstić information content (AvgIpc) is 2.40. The Hall–Kier alpha value is -2.02. The summed E-state index contributed by atoms with van der Waals surface area (Å²) in [6, 6.07) is 9.85. The lowest BCUT2D eigenvalue weighted by molar-refractivity contribution is -0.139.